The van der Waals surface area contributed by atoms with Gasteiger partial charge in [0, 0.05) is 65.5 Å². The quantitative estimate of drug-likeness (QED) is 0.529. The molecule has 2 aliphatic rings. The Balaban J connectivity index is 1.93. The molecule has 0 N–H and O–H groups in total. The zero-order chi connectivity index (χ0) is 16.8. The predicted octanol–water partition coefficient (Wildman–Crippen LogP) is -0.278. The second-order valence-corrected chi connectivity index (χ2v) is 5.92. The first-order valence-electron chi connectivity index (χ1n) is 8.18. The number of hydrogen-bond donors (Lipinski definition) is 0. The van der Waals surface area contributed by atoms with Crippen molar-refractivity contribution in [2.75, 3.05) is 58.9 Å². The van der Waals surface area contributed by atoms with E-state index in [1.807, 2.05) is 6.07 Å². The lowest BCUT2D eigenvalue weighted by molar-refractivity contribution is -0.136. The topological polar surface area (TPSA) is 70.9 Å². The molecule has 7 nitrogen and oxygen atoms in total. The maximum atomic E-state index is 12.5. The van der Waals surface area contributed by atoms with Gasteiger partial charge in [0.1, 0.15) is 11.6 Å². The Morgan fingerprint density at radius 1 is 1.00 bits per heavy atom. The summed E-state index contributed by atoms with van der Waals surface area (Å²) in [5.41, 5.74) is 0.186. The van der Waals surface area contributed by atoms with Crippen molar-refractivity contribution in [3.05, 3.63) is 11.8 Å². The number of hydrogen-bond acceptors (Lipinski definition) is 5. The Hall–Kier alpha value is -2.07. The van der Waals surface area contributed by atoms with Crippen molar-refractivity contribution >= 4 is 11.8 Å². The van der Waals surface area contributed by atoms with Crippen LogP contribution in [-0.2, 0) is 9.59 Å². The molecule has 2 rings (SSSR count). The minimum absolute atomic E-state index is 0.0296. The van der Waals surface area contributed by atoms with Gasteiger partial charge in [0.05, 0.1) is 0 Å². The summed E-state index contributed by atoms with van der Waals surface area (Å²) in [5, 5.41) is 9.33. The van der Waals surface area contributed by atoms with E-state index in [4.69, 9.17) is 0 Å². The fourth-order valence-corrected chi connectivity index (χ4v) is 2.92. The minimum atomic E-state index is -0.228. The number of rotatable bonds is 3. The second kappa shape index (κ2) is 7.97. The Morgan fingerprint density at radius 3 is 2.04 bits per heavy atom. The van der Waals surface area contributed by atoms with Crippen LogP contribution < -0.4 is 0 Å². The first-order chi connectivity index (χ1) is 11.0. The molecule has 0 bridgehead atoms. The van der Waals surface area contributed by atoms with Crippen molar-refractivity contribution in [3.63, 3.8) is 0 Å². The zero-order valence-corrected chi connectivity index (χ0v) is 14.0. The van der Waals surface area contributed by atoms with Crippen LogP contribution in [0, 0.1) is 11.3 Å². The first-order valence-corrected chi connectivity index (χ1v) is 8.18. The molecule has 0 aromatic heterocycles. The van der Waals surface area contributed by atoms with E-state index in [0.29, 0.717) is 26.2 Å². The van der Waals surface area contributed by atoms with E-state index in [1.54, 1.807) is 16.0 Å². The average Bonchev–Trinajstić information content (AvgIpc) is 2.59. The molecule has 126 valence electrons. The lowest BCUT2D eigenvalue weighted by Gasteiger charge is -2.35. The van der Waals surface area contributed by atoms with Crippen LogP contribution in [0.1, 0.15) is 13.8 Å². The van der Waals surface area contributed by atoms with E-state index in [-0.39, 0.29) is 17.4 Å². The van der Waals surface area contributed by atoms with Crippen LogP contribution in [0.25, 0.3) is 0 Å². The molecule has 0 radical (unpaired) electrons. The van der Waals surface area contributed by atoms with Gasteiger partial charge in [0.2, 0.25) is 5.91 Å². The van der Waals surface area contributed by atoms with Gasteiger partial charge in [0.15, 0.2) is 0 Å². The van der Waals surface area contributed by atoms with E-state index in [0.717, 1.165) is 32.7 Å². The van der Waals surface area contributed by atoms with Gasteiger partial charge < -0.3 is 19.6 Å². The van der Waals surface area contributed by atoms with Gasteiger partial charge in [0.25, 0.3) is 5.91 Å². The standard InChI is InChI=1S/C16H25N5O2/c1-3-18-4-6-19(7-5-18)13-15(12-17)16(23)21-10-8-20(9-11-21)14(2)22/h13H,3-11H2,1-2H3/b15-13-. The summed E-state index contributed by atoms with van der Waals surface area (Å²) in [7, 11) is 0. The molecule has 0 aromatic carbocycles. The monoisotopic (exact) mass is 319 g/mol. The van der Waals surface area contributed by atoms with Crippen LogP contribution in [0.4, 0.5) is 0 Å². The van der Waals surface area contributed by atoms with Gasteiger partial charge in [-0.05, 0) is 6.54 Å². The van der Waals surface area contributed by atoms with Gasteiger partial charge in [-0.1, -0.05) is 6.92 Å². The molecule has 2 fully saturated rings. The summed E-state index contributed by atoms with van der Waals surface area (Å²) in [6.07, 6.45) is 1.70. The third kappa shape index (κ3) is 4.45. The lowest BCUT2D eigenvalue weighted by Crippen LogP contribution is -2.50. The minimum Gasteiger partial charge on any atom is -0.374 e. The third-order valence-corrected chi connectivity index (χ3v) is 4.53. The maximum Gasteiger partial charge on any atom is 0.266 e. The van der Waals surface area contributed by atoms with Crippen LogP contribution in [-0.4, -0.2) is 90.3 Å². The Kier molecular flexibility index (Phi) is 5.99. The van der Waals surface area contributed by atoms with Crippen molar-refractivity contribution < 1.29 is 9.59 Å². The van der Waals surface area contributed by atoms with Gasteiger partial charge in [-0.2, -0.15) is 5.26 Å². The average molecular weight is 319 g/mol. The van der Waals surface area contributed by atoms with E-state index < -0.39 is 0 Å². The van der Waals surface area contributed by atoms with Crippen molar-refractivity contribution in [2.24, 2.45) is 0 Å². The van der Waals surface area contributed by atoms with Crippen molar-refractivity contribution in [3.8, 4) is 6.07 Å². The number of nitrogens with zero attached hydrogens (tertiary/aromatic N) is 5. The molecule has 2 saturated heterocycles. The lowest BCUT2D eigenvalue weighted by atomic mass is 10.2. The highest BCUT2D eigenvalue weighted by molar-refractivity contribution is 5.97. The second-order valence-electron chi connectivity index (χ2n) is 5.92. The number of carbonyl (C=O) groups excluding carboxylic acids is 2. The molecule has 0 spiro atoms. The summed E-state index contributed by atoms with van der Waals surface area (Å²) >= 11 is 0. The Bertz CT molecular complexity index is 509. The number of amides is 2. The molecule has 2 aliphatic heterocycles. The molecule has 0 aliphatic carbocycles. The molecule has 0 unspecified atom stereocenters. The number of nitriles is 1. The Labute approximate surface area is 137 Å². The highest BCUT2D eigenvalue weighted by Crippen LogP contribution is 2.10. The summed E-state index contributed by atoms with van der Waals surface area (Å²) in [4.78, 5) is 31.6. The van der Waals surface area contributed by atoms with Gasteiger partial charge >= 0.3 is 0 Å². The fourth-order valence-electron chi connectivity index (χ4n) is 2.92. The van der Waals surface area contributed by atoms with Gasteiger partial charge in [-0.3, -0.25) is 9.59 Å². The molecular weight excluding hydrogens is 294 g/mol. The van der Waals surface area contributed by atoms with E-state index in [1.165, 1.54) is 6.92 Å². The highest BCUT2D eigenvalue weighted by atomic mass is 16.2. The molecular formula is C16H25N5O2. The molecule has 0 aromatic rings. The molecule has 0 saturated carbocycles. The van der Waals surface area contributed by atoms with Crippen LogP contribution in [0.3, 0.4) is 0 Å². The van der Waals surface area contributed by atoms with Crippen molar-refractivity contribution in [1.82, 2.24) is 19.6 Å². The number of piperazine rings is 2. The van der Waals surface area contributed by atoms with E-state index in [2.05, 4.69) is 16.7 Å². The molecule has 23 heavy (non-hydrogen) atoms. The first kappa shape index (κ1) is 17.3. The fraction of sp³-hybridized carbons (Fsp3) is 0.688. The number of carbonyl (C=O) groups is 2. The summed E-state index contributed by atoms with van der Waals surface area (Å²) in [6, 6.07) is 2.04. The molecule has 0 atom stereocenters. The third-order valence-electron chi connectivity index (χ3n) is 4.53. The summed E-state index contributed by atoms with van der Waals surface area (Å²) in [5.74, 6) is -0.199. The van der Waals surface area contributed by atoms with Gasteiger partial charge in [-0.25, -0.2) is 0 Å². The number of likely N-dealkylation sites (N-methyl/N-ethyl adjacent to an activating group) is 1. The summed E-state index contributed by atoms with van der Waals surface area (Å²) < 4.78 is 0. The van der Waals surface area contributed by atoms with E-state index in [9.17, 15) is 14.9 Å². The van der Waals surface area contributed by atoms with Crippen LogP contribution in [0.2, 0.25) is 0 Å². The molecule has 7 heteroatoms. The normalized spacial score (nSPS) is 20.4. The van der Waals surface area contributed by atoms with Crippen molar-refractivity contribution in [2.45, 2.75) is 13.8 Å². The molecule has 2 heterocycles. The molecule has 2 amide bonds. The maximum absolute atomic E-state index is 12.5. The highest BCUT2D eigenvalue weighted by Gasteiger charge is 2.25. The summed E-state index contributed by atoms with van der Waals surface area (Å²) in [6.45, 7) is 10.3. The SMILES string of the molecule is CCN1CCN(/C=C(/C#N)C(=O)N2CCN(C(C)=O)CC2)CC1. The van der Waals surface area contributed by atoms with Crippen LogP contribution >= 0.6 is 0 Å². The smallest absolute Gasteiger partial charge is 0.266 e. The Morgan fingerprint density at radius 2 is 1.57 bits per heavy atom. The van der Waals surface area contributed by atoms with Crippen LogP contribution in [0.15, 0.2) is 11.8 Å². The predicted molar refractivity (Wildman–Crippen MR) is 86.2 cm³/mol. The zero-order valence-electron chi connectivity index (χ0n) is 14.0. The van der Waals surface area contributed by atoms with Gasteiger partial charge in [-0.15, -0.1) is 0 Å². The van der Waals surface area contributed by atoms with Crippen molar-refractivity contribution in [1.29, 1.82) is 5.26 Å². The largest absolute Gasteiger partial charge is 0.374 e. The van der Waals surface area contributed by atoms with E-state index >= 15 is 0 Å². The van der Waals surface area contributed by atoms with Crippen LogP contribution in [0.5, 0.6) is 0 Å².